The Hall–Kier alpha value is 0.137. The highest BCUT2D eigenvalue weighted by Gasteiger charge is 2.35. The molecule has 26 heavy (non-hydrogen) atoms. The molecule has 0 saturated heterocycles. The summed E-state index contributed by atoms with van der Waals surface area (Å²) in [4.78, 5) is 0. The van der Waals surface area contributed by atoms with Crippen molar-refractivity contribution in [2.75, 3.05) is 6.61 Å². The number of hydrogen-bond acceptors (Lipinski definition) is 2. The van der Waals surface area contributed by atoms with Crippen LogP contribution < -0.4 is 0 Å². The highest BCUT2D eigenvalue weighted by Crippen LogP contribution is 2.23. The third-order valence-electron chi connectivity index (χ3n) is 5.57. The fraction of sp³-hybridized carbons (Fsp3) is 1.00. The Balaban J connectivity index is 3.70. The molecule has 2 nitrogen and oxygen atoms in total. The molecular weight excluding hydrogens is 336 g/mol. The van der Waals surface area contributed by atoms with Crippen LogP contribution in [0.5, 0.6) is 0 Å². The van der Waals surface area contributed by atoms with Crippen LogP contribution in [0.15, 0.2) is 0 Å². The van der Waals surface area contributed by atoms with Gasteiger partial charge in [-0.05, 0) is 31.9 Å². The largest absolute Gasteiger partial charge is 0.394 e. The maximum atomic E-state index is 6.46. The number of unbranched alkanes of at least 4 members (excludes halogenated alkanes) is 11. The minimum atomic E-state index is -1.95. The second-order valence-corrected chi connectivity index (χ2v) is 11.8. The Morgan fingerprint density at radius 3 is 1.54 bits per heavy atom. The molecule has 158 valence electrons. The molecule has 0 aliphatic carbocycles. The molecule has 3 heteroatoms. The summed E-state index contributed by atoms with van der Waals surface area (Å²) in [6.07, 6.45) is 19.3. The van der Waals surface area contributed by atoms with E-state index in [2.05, 4.69) is 34.6 Å². The first-order chi connectivity index (χ1) is 12.6. The zero-order valence-electron chi connectivity index (χ0n) is 18.9. The van der Waals surface area contributed by atoms with Gasteiger partial charge in [-0.1, -0.05) is 105 Å². The molecule has 0 saturated carbocycles. The monoisotopic (exact) mass is 386 g/mol. The van der Waals surface area contributed by atoms with Crippen molar-refractivity contribution < 1.29 is 8.85 Å². The van der Waals surface area contributed by atoms with Crippen molar-refractivity contribution in [1.82, 2.24) is 0 Å². The highest BCUT2D eigenvalue weighted by molar-refractivity contribution is 6.67. The van der Waals surface area contributed by atoms with Crippen molar-refractivity contribution in [1.29, 1.82) is 0 Å². The Morgan fingerprint density at radius 1 is 0.615 bits per heavy atom. The van der Waals surface area contributed by atoms with Crippen LogP contribution >= 0.6 is 0 Å². The van der Waals surface area contributed by atoms with E-state index in [1.807, 2.05) is 0 Å². The average Bonchev–Trinajstić information content (AvgIpc) is 2.66. The standard InChI is InChI=1S/C23H50O2Si/c1-6-10-12-13-14-15-16-17-18-19-20-22-24-26(8-3,9-4)25-23(5)21-11-7-2/h23H,6-22H2,1-5H3. The maximum absolute atomic E-state index is 6.46. The fourth-order valence-electron chi connectivity index (χ4n) is 3.60. The van der Waals surface area contributed by atoms with Crippen molar-refractivity contribution >= 4 is 8.56 Å². The third kappa shape index (κ3) is 14.2. The molecule has 1 unspecified atom stereocenters. The molecule has 0 fully saturated rings. The van der Waals surface area contributed by atoms with Gasteiger partial charge in [0.05, 0.1) is 0 Å². The summed E-state index contributed by atoms with van der Waals surface area (Å²) in [5, 5.41) is 0. The Bertz CT molecular complexity index is 279. The lowest BCUT2D eigenvalue weighted by molar-refractivity contribution is 0.114. The smallest absolute Gasteiger partial charge is 0.337 e. The van der Waals surface area contributed by atoms with E-state index < -0.39 is 8.56 Å². The molecule has 0 aromatic carbocycles. The van der Waals surface area contributed by atoms with Crippen LogP contribution in [0, 0.1) is 0 Å². The summed E-state index contributed by atoms with van der Waals surface area (Å²) in [5.41, 5.74) is 0. The van der Waals surface area contributed by atoms with Crippen LogP contribution in [0.1, 0.15) is 125 Å². The maximum Gasteiger partial charge on any atom is 0.337 e. The van der Waals surface area contributed by atoms with Gasteiger partial charge in [0.1, 0.15) is 0 Å². The summed E-state index contributed by atoms with van der Waals surface area (Å²) in [6.45, 7) is 12.2. The van der Waals surface area contributed by atoms with Crippen molar-refractivity contribution in [3.8, 4) is 0 Å². The zero-order chi connectivity index (χ0) is 19.5. The van der Waals surface area contributed by atoms with E-state index in [4.69, 9.17) is 8.85 Å². The molecule has 0 aromatic rings. The van der Waals surface area contributed by atoms with Gasteiger partial charge in [-0.3, -0.25) is 0 Å². The summed E-state index contributed by atoms with van der Waals surface area (Å²) in [5.74, 6) is 0. The van der Waals surface area contributed by atoms with Gasteiger partial charge >= 0.3 is 8.56 Å². The molecule has 0 bridgehead atoms. The van der Waals surface area contributed by atoms with Crippen LogP contribution in [-0.2, 0) is 8.85 Å². The van der Waals surface area contributed by atoms with E-state index in [-0.39, 0.29) is 0 Å². The van der Waals surface area contributed by atoms with Crippen molar-refractivity contribution in [3.63, 3.8) is 0 Å². The first kappa shape index (κ1) is 26.1. The van der Waals surface area contributed by atoms with Gasteiger partial charge in [0.15, 0.2) is 0 Å². The quantitative estimate of drug-likeness (QED) is 0.154. The van der Waals surface area contributed by atoms with Crippen LogP contribution in [0.4, 0.5) is 0 Å². The van der Waals surface area contributed by atoms with E-state index in [1.165, 1.54) is 89.9 Å². The molecule has 0 N–H and O–H groups in total. The Morgan fingerprint density at radius 2 is 1.08 bits per heavy atom. The van der Waals surface area contributed by atoms with E-state index in [9.17, 15) is 0 Å². The lowest BCUT2D eigenvalue weighted by atomic mass is 10.1. The second-order valence-electron chi connectivity index (χ2n) is 8.07. The third-order valence-corrected chi connectivity index (χ3v) is 9.29. The van der Waals surface area contributed by atoms with E-state index in [0.717, 1.165) is 18.7 Å². The molecule has 0 aromatic heterocycles. The van der Waals surface area contributed by atoms with E-state index in [1.54, 1.807) is 0 Å². The number of hydrogen-bond donors (Lipinski definition) is 0. The van der Waals surface area contributed by atoms with Crippen LogP contribution in [0.3, 0.4) is 0 Å². The van der Waals surface area contributed by atoms with Gasteiger partial charge in [0.2, 0.25) is 0 Å². The SMILES string of the molecule is CCCCCCCCCCCCCO[Si](CC)(CC)OC(C)CCCC. The van der Waals surface area contributed by atoms with Gasteiger partial charge in [-0.25, -0.2) is 0 Å². The minimum Gasteiger partial charge on any atom is -0.394 e. The van der Waals surface area contributed by atoms with E-state index >= 15 is 0 Å². The Kier molecular flexibility index (Phi) is 18.6. The predicted molar refractivity (Wildman–Crippen MR) is 119 cm³/mol. The summed E-state index contributed by atoms with van der Waals surface area (Å²) >= 11 is 0. The molecular formula is C23H50O2Si. The summed E-state index contributed by atoms with van der Waals surface area (Å²) < 4.78 is 12.8. The lowest BCUT2D eigenvalue weighted by Crippen LogP contribution is -2.43. The molecule has 0 heterocycles. The van der Waals surface area contributed by atoms with Crippen LogP contribution in [0.2, 0.25) is 12.1 Å². The van der Waals surface area contributed by atoms with Crippen LogP contribution in [0.25, 0.3) is 0 Å². The summed E-state index contributed by atoms with van der Waals surface area (Å²) in [7, 11) is -1.95. The normalized spacial score (nSPS) is 13.3. The molecule has 0 rings (SSSR count). The summed E-state index contributed by atoms with van der Waals surface area (Å²) in [6, 6.07) is 2.16. The van der Waals surface area contributed by atoms with E-state index in [0.29, 0.717) is 6.10 Å². The minimum absolute atomic E-state index is 0.360. The Labute approximate surface area is 167 Å². The first-order valence-corrected chi connectivity index (χ1v) is 14.2. The van der Waals surface area contributed by atoms with Crippen LogP contribution in [-0.4, -0.2) is 21.3 Å². The van der Waals surface area contributed by atoms with Gasteiger partial charge in [0.25, 0.3) is 0 Å². The van der Waals surface area contributed by atoms with Crippen molar-refractivity contribution in [3.05, 3.63) is 0 Å². The van der Waals surface area contributed by atoms with Gasteiger partial charge in [0, 0.05) is 12.7 Å². The second kappa shape index (κ2) is 18.5. The zero-order valence-corrected chi connectivity index (χ0v) is 19.9. The molecule has 0 aliphatic heterocycles. The lowest BCUT2D eigenvalue weighted by Gasteiger charge is -2.32. The van der Waals surface area contributed by atoms with Gasteiger partial charge in [-0.15, -0.1) is 0 Å². The number of rotatable bonds is 20. The fourth-order valence-corrected chi connectivity index (χ4v) is 6.27. The molecule has 0 radical (unpaired) electrons. The van der Waals surface area contributed by atoms with Crippen molar-refractivity contribution in [2.45, 2.75) is 143 Å². The predicted octanol–water partition coefficient (Wildman–Crippen LogP) is 8.39. The first-order valence-electron chi connectivity index (χ1n) is 12.0. The van der Waals surface area contributed by atoms with Crippen molar-refractivity contribution in [2.24, 2.45) is 0 Å². The van der Waals surface area contributed by atoms with Gasteiger partial charge in [-0.2, -0.15) is 0 Å². The highest BCUT2D eigenvalue weighted by atomic mass is 28.4. The topological polar surface area (TPSA) is 18.5 Å². The molecule has 0 spiro atoms. The van der Waals surface area contributed by atoms with Gasteiger partial charge < -0.3 is 8.85 Å². The molecule has 0 aliphatic rings. The molecule has 0 amide bonds. The molecule has 1 atom stereocenters. The average molecular weight is 387 g/mol.